The lowest BCUT2D eigenvalue weighted by Crippen LogP contribution is -2.49. The van der Waals surface area contributed by atoms with Gasteiger partial charge >= 0.3 is 0 Å². The van der Waals surface area contributed by atoms with Crippen LogP contribution in [0.3, 0.4) is 0 Å². The second-order valence-corrected chi connectivity index (χ2v) is 5.88. The smallest absolute Gasteiger partial charge is 0.235 e. The van der Waals surface area contributed by atoms with Gasteiger partial charge in [0.2, 0.25) is 5.91 Å². The molecular weight excluding hydrogens is 240 g/mol. The highest BCUT2D eigenvalue weighted by atomic mass is 16.1. The fourth-order valence-corrected chi connectivity index (χ4v) is 2.65. The molecule has 0 aromatic carbocycles. The Labute approximate surface area is 117 Å². The number of likely N-dealkylation sites (tertiary alicyclic amines) is 1. The molecule has 3 N–H and O–H groups in total. The van der Waals surface area contributed by atoms with Crippen LogP contribution in [0.5, 0.6) is 0 Å². The monoisotopic (exact) mass is 270 g/mol. The number of carbonyl (C=O) groups excluding carboxylic acids is 1. The highest BCUT2D eigenvalue weighted by molar-refractivity contribution is 5.80. The molecule has 1 amide bonds. The zero-order valence-electron chi connectivity index (χ0n) is 12.7. The Morgan fingerprint density at radius 1 is 1.47 bits per heavy atom. The van der Waals surface area contributed by atoms with Gasteiger partial charge in [0.1, 0.15) is 0 Å². The van der Waals surface area contributed by atoms with Crippen LogP contribution in [0.1, 0.15) is 26.2 Å². The van der Waals surface area contributed by atoms with Gasteiger partial charge in [0.15, 0.2) is 0 Å². The van der Waals surface area contributed by atoms with Crippen LogP contribution < -0.4 is 11.1 Å². The molecule has 1 fully saturated rings. The summed E-state index contributed by atoms with van der Waals surface area (Å²) in [6.45, 7) is 7.08. The maximum Gasteiger partial charge on any atom is 0.235 e. The van der Waals surface area contributed by atoms with Crippen LogP contribution in [0.2, 0.25) is 0 Å². The molecule has 5 heteroatoms. The highest BCUT2D eigenvalue weighted by Crippen LogP contribution is 2.16. The Kier molecular flexibility index (Phi) is 7.34. The average Bonchev–Trinajstić information content (AvgIpc) is 2.37. The molecule has 1 rings (SSSR count). The quantitative estimate of drug-likeness (QED) is 0.657. The number of nitrogens with one attached hydrogen (secondary N) is 1. The third-order valence-corrected chi connectivity index (χ3v) is 3.89. The van der Waals surface area contributed by atoms with Crippen molar-refractivity contribution in [3.63, 3.8) is 0 Å². The summed E-state index contributed by atoms with van der Waals surface area (Å²) in [7, 11) is 4.26. The minimum atomic E-state index is -0.247. The molecule has 1 unspecified atom stereocenters. The van der Waals surface area contributed by atoms with Gasteiger partial charge in [-0.2, -0.15) is 0 Å². The average molecular weight is 270 g/mol. The SMILES string of the molecule is CCCNC(CN(C)CC1CCN(C)CC1)C(N)=O. The van der Waals surface area contributed by atoms with Crippen LogP contribution >= 0.6 is 0 Å². The fourth-order valence-electron chi connectivity index (χ4n) is 2.65. The number of rotatable bonds is 8. The minimum absolute atomic E-state index is 0.226. The van der Waals surface area contributed by atoms with E-state index in [1.165, 1.54) is 25.9 Å². The largest absolute Gasteiger partial charge is 0.368 e. The van der Waals surface area contributed by atoms with Crippen molar-refractivity contribution in [2.75, 3.05) is 46.8 Å². The van der Waals surface area contributed by atoms with Crippen molar-refractivity contribution < 1.29 is 4.79 Å². The zero-order chi connectivity index (χ0) is 14.3. The Morgan fingerprint density at radius 3 is 2.63 bits per heavy atom. The minimum Gasteiger partial charge on any atom is -0.368 e. The number of hydrogen-bond acceptors (Lipinski definition) is 4. The first kappa shape index (κ1) is 16.4. The van der Waals surface area contributed by atoms with E-state index in [2.05, 4.69) is 36.1 Å². The summed E-state index contributed by atoms with van der Waals surface area (Å²) in [5.41, 5.74) is 5.44. The molecule has 0 aliphatic carbocycles. The summed E-state index contributed by atoms with van der Waals surface area (Å²) in [6.07, 6.45) is 3.53. The van der Waals surface area contributed by atoms with E-state index in [4.69, 9.17) is 5.73 Å². The lowest BCUT2D eigenvalue weighted by Gasteiger charge is -2.32. The van der Waals surface area contributed by atoms with E-state index < -0.39 is 0 Å². The maximum atomic E-state index is 11.4. The van der Waals surface area contributed by atoms with E-state index in [-0.39, 0.29) is 11.9 Å². The van der Waals surface area contributed by atoms with Gasteiger partial charge in [0.25, 0.3) is 0 Å². The molecule has 112 valence electrons. The lowest BCUT2D eigenvalue weighted by atomic mass is 9.96. The van der Waals surface area contributed by atoms with Crippen molar-refractivity contribution >= 4 is 5.91 Å². The van der Waals surface area contributed by atoms with Crippen LogP contribution in [0, 0.1) is 5.92 Å². The third-order valence-electron chi connectivity index (χ3n) is 3.89. The molecule has 0 spiro atoms. The number of hydrogen-bond donors (Lipinski definition) is 2. The molecule has 0 bridgehead atoms. The summed E-state index contributed by atoms with van der Waals surface area (Å²) in [4.78, 5) is 16.0. The molecular formula is C14H30N4O. The Hall–Kier alpha value is -0.650. The topological polar surface area (TPSA) is 61.6 Å². The molecule has 1 aliphatic heterocycles. The summed E-state index contributed by atoms with van der Waals surface area (Å²) in [5.74, 6) is 0.504. The third kappa shape index (κ3) is 6.36. The van der Waals surface area contributed by atoms with Crippen molar-refractivity contribution in [1.29, 1.82) is 0 Å². The van der Waals surface area contributed by atoms with E-state index in [1.54, 1.807) is 0 Å². The number of likely N-dealkylation sites (N-methyl/N-ethyl adjacent to an activating group) is 1. The van der Waals surface area contributed by atoms with Gasteiger partial charge in [0.05, 0.1) is 6.04 Å². The van der Waals surface area contributed by atoms with Crippen LogP contribution in [0.15, 0.2) is 0 Å². The Balaban J connectivity index is 2.31. The van der Waals surface area contributed by atoms with E-state index >= 15 is 0 Å². The molecule has 0 aromatic heterocycles. The Bertz CT molecular complexity index is 264. The maximum absolute atomic E-state index is 11.4. The fraction of sp³-hybridized carbons (Fsp3) is 0.929. The first-order chi connectivity index (χ1) is 9.02. The molecule has 5 nitrogen and oxygen atoms in total. The summed E-state index contributed by atoms with van der Waals surface area (Å²) in [5, 5.41) is 3.22. The van der Waals surface area contributed by atoms with Crippen molar-refractivity contribution in [2.45, 2.75) is 32.2 Å². The van der Waals surface area contributed by atoms with Crippen LogP contribution in [-0.2, 0) is 4.79 Å². The summed E-state index contributed by atoms with van der Waals surface area (Å²) in [6, 6.07) is -0.226. The molecule has 1 saturated heterocycles. The van der Waals surface area contributed by atoms with Gasteiger partial charge < -0.3 is 20.9 Å². The molecule has 0 aromatic rings. The highest BCUT2D eigenvalue weighted by Gasteiger charge is 2.21. The standard InChI is InChI=1S/C14H30N4O/c1-4-7-16-13(14(15)19)11-18(3)10-12-5-8-17(2)9-6-12/h12-13,16H,4-11H2,1-3H3,(H2,15,19). The Morgan fingerprint density at radius 2 is 2.11 bits per heavy atom. The number of nitrogens with zero attached hydrogens (tertiary/aromatic N) is 2. The predicted molar refractivity (Wildman–Crippen MR) is 79.0 cm³/mol. The van der Waals surface area contributed by atoms with Gasteiger partial charge in [-0.15, -0.1) is 0 Å². The summed E-state index contributed by atoms with van der Waals surface area (Å²) >= 11 is 0. The second kappa shape index (κ2) is 8.51. The first-order valence-electron chi connectivity index (χ1n) is 7.42. The van der Waals surface area contributed by atoms with Gasteiger partial charge in [0, 0.05) is 13.1 Å². The van der Waals surface area contributed by atoms with Gasteiger partial charge in [-0.1, -0.05) is 6.92 Å². The van der Waals surface area contributed by atoms with Gasteiger partial charge in [-0.05, 0) is 58.9 Å². The zero-order valence-corrected chi connectivity index (χ0v) is 12.7. The van der Waals surface area contributed by atoms with E-state index in [0.29, 0.717) is 6.54 Å². The van der Waals surface area contributed by atoms with Crippen molar-refractivity contribution in [2.24, 2.45) is 11.7 Å². The predicted octanol–water partition coefficient (Wildman–Crippen LogP) is 0.114. The van der Waals surface area contributed by atoms with Crippen molar-refractivity contribution in [1.82, 2.24) is 15.1 Å². The lowest BCUT2D eigenvalue weighted by molar-refractivity contribution is -0.120. The molecule has 19 heavy (non-hydrogen) atoms. The molecule has 1 aliphatic rings. The van der Waals surface area contributed by atoms with Crippen molar-refractivity contribution in [3.8, 4) is 0 Å². The van der Waals surface area contributed by atoms with E-state index in [0.717, 1.165) is 25.4 Å². The number of amides is 1. The molecule has 1 atom stereocenters. The van der Waals surface area contributed by atoms with Crippen LogP contribution in [0.4, 0.5) is 0 Å². The van der Waals surface area contributed by atoms with Gasteiger partial charge in [-0.3, -0.25) is 4.79 Å². The molecule has 0 radical (unpaired) electrons. The van der Waals surface area contributed by atoms with E-state index in [1.807, 2.05) is 0 Å². The molecule has 1 heterocycles. The second-order valence-electron chi connectivity index (χ2n) is 5.88. The number of primary amides is 1. The van der Waals surface area contributed by atoms with Gasteiger partial charge in [-0.25, -0.2) is 0 Å². The summed E-state index contributed by atoms with van der Waals surface area (Å²) < 4.78 is 0. The van der Waals surface area contributed by atoms with E-state index in [9.17, 15) is 4.79 Å². The number of piperidine rings is 1. The first-order valence-corrected chi connectivity index (χ1v) is 7.42. The normalized spacial score (nSPS) is 19.8. The van der Waals surface area contributed by atoms with Crippen LogP contribution in [0.25, 0.3) is 0 Å². The molecule has 0 saturated carbocycles. The number of carbonyl (C=O) groups is 1. The number of nitrogens with two attached hydrogens (primary N) is 1. The van der Waals surface area contributed by atoms with Crippen LogP contribution in [-0.4, -0.2) is 68.6 Å². The van der Waals surface area contributed by atoms with Crippen molar-refractivity contribution in [3.05, 3.63) is 0 Å².